The maximum Gasteiger partial charge on any atom is 0.408 e. The van der Waals surface area contributed by atoms with Crippen molar-refractivity contribution in [3.63, 3.8) is 0 Å². The Kier molecular flexibility index (Phi) is 4.86. The largest absolute Gasteiger partial charge is 0.506 e. The molecule has 0 saturated carbocycles. The number of aryl methyl sites for hydroxylation is 2. The molecule has 0 fully saturated rings. The molecule has 0 aliphatic rings. The minimum atomic E-state index is -4.38. The summed E-state index contributed by atoms with van der Waals surface area (Å²) >= 11 is 0. The number of nitrogens with one attached hydrogen (secondary N) is 1. The molecule has 1 aromatic heterocycles. The summed E-state index contributed by atoms with van der Waals surface area (Å²) in [5.74, 6) is -0.498. The number of phenolic OH excluding ortho intramolecular Hbond substituents is 1. The summed E-state index contributed by atoms with van der Waals surface area (Å²) < 4.78 is 38.5. The highest BCUT2D eigenvalue weighted by Gasteiger charge is 2.30. The molecule has 5 nitrogen and oxygen atoms in total. The van der Waals surface area contributed by atoms with E-state index in [1.807, 2.05) is 0 Å². The normalized spacial score (nSPS) is 11.6. The molecule has 2 aromatic rings. The Labute approximate surface area is 137 Å². The van der Waals surface area contributed by atoms with Crippen LogP contribution in [0.15, 0.2) is 18.2 Å². The first kappa shape index (κ1) is 17.8. The van der Waals surface area contributed by atoms with Crippen molar-refractivity contribution in [1.82, 2.24) is 9.78 Å². The Hall–Kier alpha value is -2.51. The molecule has 2 N–H and O–H groups in total. The highest BCUT2D eigenvalue weighted by atomic mass is 19.4. The number of hydrogen-bond donors (Lipinski definition) is 2. The van der Waals surface area contributed by atoms with Gasteiger partial charge in [0.1, 0.15) is 12.3 Å². The molecule has 0 spiro atoms. The van der Waals surface area contributed by atoms with Crippen LogP contribution in [0.3, 0.4) is 0 Å². The van der Waals surface area contributed by atoms with Gasteiger partial charge in [0.05, 0.1) is 17.8 Å². The van der Waals surface area contributed by atoms with Crippen molar-refractivity contribution in [2.75, 3.05) is 5.32 Å². The SMILES string of the molecule is Cc1cccc(O)c1NC(=O)Cc1c(C)nn(CC(F)(F)F)c1C. The van der Waals surface area contributed by atoms with E-state index >= 15 is 0 Å². The van der Waals surface area contributed by atoms with Gasteiger partial charge in [-0.1, -0.05) is 12.1 Å². The van der Waals surface area contributed by atoms with E-state index in [2.05, 4.69) is 10.4 Å². The zero-order valence-corrected chi connectivity index (χ0v) is 13.5. The number of carbonyl (C=O) groups excluding carboxylic acids is 1. The fraction of sp³-hybridized carbons (Fsp3) is 0.375. The summed E-state index contributed by atoms with van der Waals surface area (Å²) in [7, 11) is 0. The second-order valence-corrected chi connectivity index (χ2v) is 5.62. The van der Waals surface area contributed by atoms with Crippen molar-refractivity contribution in [2.45, 2.75) is 39.9 Å². The summed E-state index contributed by atoms with van der Waals surface area (Å²) in [4.78, 5) is 12.2. The van der Waals surface area contributed by atoms with Crippen LogP contribution in [0.25, 0.3) is 0 Å². The van der Waals surface area contributed by atoms with E-state index in [4.69, 9.17) is 0 Å². The lowest BCUT2D eigenvalue weighted by Gasteiger charge is -2.11. The van der Waals surface area contributed by atoms with Gasteiger partial charge in [-0.3, -0.25) is 9.48 Å². The Morgan fingerprint density at radius 3 is 2.54 bits per heavy atom. The first-order valence-corrected chi connectivity index (χ1v) is 7.26. The number of para-hydroxylation sites is 1. The van der Waals surface area contributed by atoms with Crippen LogP contribution in [0.5, 0.6) is 5.75 Å². The first-order valence-electron chi connectivity index (χ1n) is 7.26. The molecule has 0 saturated heterocycles. The highest BCUT2D eigenvalue weighted by molar-refractivity contribution is 5.94. The van der Waals surface area contributed by atoms with Crippen molar-refractivity contribution in [1.29, 1.82) is 0 Å². The summed E-state index contributed by atoms with van der Waals surface area (Å²) in [6.45, 7) is 3.60. The summed E-state index contributed by atoms with van der Waals surface area (Å²) in [6.07, 6.45) is -4.50. The molecule has 2 rings (SSSR count). The molecule has 0 unspecified atom stereocenters. The van der Waals surface area contributed by atoms with Crippen LogP contribution in [-0.2, 0) is 17.8 Å². The lowest BCUT2D eigenvalue weighted by molar-refractivity contribution is -0.142. The van der Waals surface area contributed by atoms with Crippen molar-refractivity contribution >= 4 is 11.6 Å². The van der Waals surface area contributed by atoms with Crippen LogP contribution in [0.1, 0.15) is 22.5 Å². The third-order valence-corrected chi connectivity index (χ3v) is 3.71. The molecule has 0 aliphatic carbocycles. The number of halogens is 3. The molecular formula is C16H18F3N3O2. The van der Waals surface area contributed by atoms with E-state index in [0.29, 0.717) is 28.2 Å². The standard InChI is InChI=1S/C16H18F3N3O2/c1-9-5-4-6-13(23)15(9)20-14(24)7-12-10(2)21-22(11(12)3)8-16(17,18)19/h4-6,23H,7-8H2,1-3H3,(H,20,24). The van der Waals surface area contributed by atoms with Crippen LogP contribution >= 0.6 is 0 Å². The number of aromatic nitrogens is 2. The number of rotatable bonds is 4. The molecule has 130 valence electrons. The lowest BCUT2D eigenvalue weighted by atomic mass is 10.1. The second kappa shape index (κ2) is 6.54. The quantitative estimate of drug-likeness (QED) is 0.839. The molecular weight excluding hydrogens is 323 g/mol. The van der Waals surface area contributed by atoms with Crippen molar-refractivity contribution in [3.05, 3.63) is 40.7 Å². The molecule has 8 heteroatoms. The molecule has 0 bridgehead atoms. The number of amides is 1. The molecule has 24 heavy (non-hydrogen) atoms. The number of phenols is 1. The molecule has 0 atom stereocenters. The number of aromatic hydroxyl groups is 1. The maximum absolute atomic E-state index is 12.5. The summed E-state index contributed by atoms with van der Waals surface area (Å²) in [5.41, 5.74) is 2.10. The van der Waals surface area contributed by atoms with Crippen LogP contribution in [0.4, 0.5) is 18.9 Å². The third kappa shape index (κ3) is 4.06. The van der Waals surface area contributed by atoms with Crippen LogP contribution in [0.2, 0.25) is 0 Å². The zero-order valence-electron chi connectivity index (χ0n) is 13.5. The summed E-state index contributed by atoms with van der Waals surface area (Å²) in [6, 6.07) is 4.82. The van der Waals surface area contributed by atoms with Crippen LogP contribution in [0, 0.1) is 20.8 Å². The van der Waals surface area contributed by atoms with Gasteiger partial charge in [0.2, 0.25) is 5.91 Å². The van der Waals surface area contributed by atoms with E-state index in [1.165, 1.54) is 13.0 Å². The van der Waals surface area contributed by atoms with E-state index in [-0.39, 0.29) is 12.2 Å². The molecule has 1 amide bonds. The van der Waals surface area contributed by atoms with E-state index in [9.17, 15) is 23.1 Å². The van der Waals surface area contributed by atoms with Crippen molar-refractivity contribution in [3.8, 4) is 5.75 Å². The average Bonchev–Trinajstić information content (AvgIpc) is 2.69. The van der Waals surface area contributed by atoms with Gasteiger partial charge >= 0.3 is 6.18 Å². The highest BCUT2D eigenvalue weighted by Crippen LogP contribution is 2.27. The average molecular weight is 341 g/mol. The Morgan fingerprint density at radius 1 is 1.29 bits per heavy atom. The van der Waals surface area contributed by atoms with Gasteiger partial charge in [-0.15, -0.1) is 0 Å². The van der Waals surface area contributed by atoms with Gasteiger partial charge in [-0.25, -0.2) is 0 Å². The van der Waals surface area contributed by atoms with E-state index < -0.39 is 18.6 Å². The molecule has 1 aromatic carbocycles. The fourth-order valence-corrected chi connectivity index (χ4v) is 2.47. The number of anilines is 1. The van der Waals surface area contributed by atoms with Gasteiger partial charge in [0.15, 0.2) is 0 Å². The van der Waals surface area contributed by atoms with Crippen molar-refractivity contribution < 1.29 is 23.1 Å². The Bertz CT molecular complexity index is 746. The van der Waals surface area contributed by atoms with E-state index in [1.54, 1.807) is 26.0 Å². The van der Waals surface area contributed by atoms with Gasteiger partial charge < -0.3 is 10.4 Å². The minimum absolute atomic E-state index is 0.0652. The predicted molar refractivity (Wildman–Crippen MR) is 82.9 cm³/mol. The minimum Gasteiger partial charge on any atom is -0.506 e. The Morgan fingerprint density at radius 2 is 1.96 bits per heavy atom. The van der Waals surface area contributed by atoms with Crippen molar-refractivity contribution in [2.24, 2.45) is 0 Å². The predicted octanol–water partition coefficient (Wildman–Crippen LogP) is 3.26. The number of nitrogens with zero attached hydrogens (tertiary/aromatic N) is 2. The topological polar surface area (TPSA) is 67.2 Å². The van der Waals surface area contributed by atoms with Gasteiger partial charge in [-0.05, 0) is 32.4 Å². The number of alkyl halides is 3. The van der Waals surface area contributed by atoms with E-state index in [0.717, 1.165) is 4.68 Å². The van der Waals surface area contributed by atoms with Gasteiger partial charge in [0.25, 0.3) is 0 Å². The van der Waals surface area contributed by atoms with Gasteiger partial charge in [-0.2, -0.15) is 18.3 Å². The van der Waals surface area contributed by atoms with Crippen LogP contribution in [-0.4, -0.2) is 27.0 Å². The maximum atomic E-state index is 12.5. The molecule has 1 heterocycles. The van der Waals surface area contributed by atoms with Crippen LogP contribution < -0.4 is 5.32 Å². The summed E-state index contributed by atoms with van der Waals surface area (Å²) in [5, 5.41) is 16.2. The second-order valence-electron chi connectivity index (χ2n) is 5.62. The molecule has 0 aliphatic heterocycles. The number of hydrogen-bond acceptors (Lipinski definition) is 3. The monoisotopic (exact) mass is 341 g/mol. The Balaban J connectivity index is 2.18. The molecule has 0 radical (unpaired) electrons. The van der Waals surface area contributed by atoms with Gasteiger partial charge in [0, 0.05) is 11.3 Å². The zero-order chi connectivity index (χ0) is 18.1. The lowest BCUT2D eigenvalue weighted by Crippen LogP contribution is -2.20. The smallest absolute Gasteiger partial charge is 0.408 e. The number of benzene rings is 1. The fourth-order valence-electron chi connectivity index (χ4n) is 2.47. The third-order valence-electron chi connectivity index (χ3n) is 3.71. The number of carbonyl (C=O) groups is 1. The first-order chi connectivity index (χ1) is 11.1.